The largest absolute Gasteiger partial charge is 0.492 e. The molecule has 7 heteroatoms. The van der Waals surface area contributed by atoms with Gasteiger partial charge in [-0.15, -0.1) is 0 Å². The van der Waals surface area contributed by atoms with Crippen LogP contribution < -0.4 is 10.1 Å². The number of aryl methyl sites for hydroxylation is 2. The van der Waals surface area contributed by atoms with E-state index in [1.165, 1.54) is 43.2 Å². The van der Waals surface area contributed by atoms with Gasteiger partial charge in [-0.3, -0.25) is 0 Å². The van der Waals surface area contributed by atoms with Gasteiger partial charge in [0, 0.05) is 25.3 Å². The number of benzene rings is 2. The Balaban J connectivity index is 1.52. The zero-order chi connectivity index (χ0) is 27.2. The normalized spacial score (nSPS) is 13.1. The Morgan fingerprint density at radius 3 is 2.42 bits per heavy atom. The number of urea groups is 1. The molecule has 38 heavy (non-hydrogen) atoms. The summed E-state index contributed by atoms with van der Waals surface area (Å²) in [5, 5.41) is 12.4. The Hall–Kier alpha value is -3.06. The molecule has 3 rings (SSSR count). The number of amides is 2. The third kappa shape index (κ3) is 9.67. The highest BCUT2D eigenvalue weighted by Crippen LogP contribution is 2.25. The van der Waals surface area contributed by atoms with Crippen molar-refractivity contribution in [1.29, 1.82) is 0 Å². The average Bonchev–Trinajstić information content (AvgIpc) is 3.38. The number of carboxylic acids is 1. The van der Waals surface area contributed by atoms with E-state index in [1.54, 1.807) is 6.92 Å². The first-order valence-electron chi connectivity index (χ1n) is 14.2. The van der Waals surface area contributed by atoms with Gasteiger partial charge in [-0.05, 0) is 73.6 Å². The second kappa shape index (κ2) is 16.0. The minimum atomic E-state index is -0.962. The number of ether oxygens (including phenoxy) is 2. The second-order valence-electron chi connectivity index (χ2n) is 10.0. The fourth-order valence-electron chi connectivity index (χ4n) is 4.88. The molecular formula is C31H44N2O5. The molecule has 0 fully saturated rings. The Morgan fingerprint density at radius 2 is 1.68 bits per heavy atom. The Morgan fingerprint density at radius 1 is 0.947 bits per heavy atom. The zero-order valence-electron chi connectivity index (χ0n) is 23.0. The van der Waals surface area contributed by atoms with Gasteiger partial charge in [0.15, 0.2) is 6.10 Å². The molecule has 0 saturated carbocycles. The van der Waals surface area contributed by atoms with Gasteiger partial charge in [-0.2, -0.15) is 0 Å². The van der Waals surface area contributed by atoms with Gasteiger partial charge in [0.25, 0.3) is 0 Å². The highest BCUT2D eigenvalue weighted by atomic mass is 16.5. The average molecular weight is 525 g/mol. The van der Waals surface area contributed by atoms with Gasteiger partial charge in [0.05, 0.1) is 6.54 Å². The summed E-state index contributed by atoms with van der Waals surface area (Å²) < 4.78 is 11.2. The number of anilines is 1. The van der Waals surface area contributed by atoms with Gasteiger partial charge >= 0.3 is 12.0 Å². The molecule has 7 nitrogen and oxygen atoms in total. The monoisotopic (exact) mass is 524 g/mol. The molecule has 0 aromatic heterocycles. The number of hydrogen-bond donors (Lipinski definition) is 2. The van der Waals surface area contributed by atoms with Gasteiger partial charge in [0.1, 0.15) is 12.4 Å². The zero-order valence-corrected chi connectivity index (χ0v) is 23.0. The van der Waals surface area contributed by atoms with E-state index in [9.17, 15) is 14.7 Å². The molecule has 0 radical (unpaired) electrons. The van der Waals surface area contributed by atoms with Crippen LogP contribution in [0.4, 0.5) is 10.5 Å². The topological polar surface area (TPSA) is 88.1 Å². The van der Waals surface area contributed by atoms with Gasteiger partial charge < -0.3 is 24.8 Å². The first-order valence-corrected chi connectivity index (χ1v) is 14.2. The van der Waals surface area contributed by atoms with E-state index < -0.39 is 12.1 Å². The van der Waals surface area contributed by atoms with Crippen molar-refractivity contribution in [2.45, 2.75) is 84.2 Å². The summed E-state index contributed by atoms with van der Waals surface area (Å²) in [5.41, 5.74) is 4.46. The summed E-state index contributed by atoms with van der Waals surface area (Å²) in [6.07, 6.45) is 9.85. The lowest BCUT2D eigenvalue weighted by Crippen LogP contribution is -2.38. The van der Waals surface area contributed by atoms with Crippen molar-refractivity contribution in [3.63, 3.8) is 0 Å². The van der Waals surface area contributed by atoms with Crippen LogP contribution in [0.15, 0.2) is 42.5 Å². The number of nitrogens with zero attached hydrogens (tertiary/aromatic N) is 1. The second-order valence-corrected chi connectivity index (χ2v) is 10.0. The molecule has 0 aliphatic heterocycles. The van der Waals surface area contributed by atoms with E-state index >= 15 is 0 Å². The maximum Gasteiger partial charge on any atom is 0.333 e. The van der Waals surface area contributed by atoms with Crippen molar-refractivity contribution in [1.82, 2.24) is 4.90 Å². The highest BCUT2D eigenvalue weighted by Gasteiger charge is 2.18. The molecule has 1 aliphatic rings. The van der Waals surface area contributed by atoms with Crippen LogP contribution in [-0.4, -0.2) is 54.4 Å². The van der Waals surface area contributed by atoms with Crippen LogP contribution >= 0.6 is 0 Å². The van der Waals surface area contributed by atoms with Crippen LogP contribution in [0.5, 0.6) is 5.75 Å². The Bertz CT molecular complexity index is 1010. The summed E-state index contributed by atoms with van der Waals surface area (Å²) in [6, 6.07) is 13.6. The molecular weight excluding hydrogens is 480 g/mol. The molecule has 2 aromatic carbocycles. The molecule has 0 heterocycles. The number of hydrogen-bond acceptors (Lipinski definition) is 4. The van der Waals surface area contributed by atoms with Crippen molar-refractivity contribution in [2.24, 2.45) is 0 Å². The van der Waals surface area contributed by atoms with Crippen molar-refractivity contribution in [3.05, 3.63) is 59.2 Å². The summed E-state index contributed by atoms with van der Waals surface area (Å²) in [6.45, 7) is 5.91. The standard InChI is InChI=1S/C31H44N2O5/c1-3-5-6-7-8-9-19-33(31(36)32-27-16-15-25-11-10-12-26(25)23-27)20-21-38-28-17-13-24(14-18-28)22-29(30(34)35)37-4-2/h13-18,23,29H,3-12,19-22H2,1-2H3,(H,32,36)(H,34,35). The van der Waals surface area contributed by atoms with Crippen molar-refractivity contribution >= 4 is 17.7 Å². The number of rotatable bonds is 17. The predicted molar refractivity (Wildman–Crippen MR) is 151 cm³/mol. The number of carbonyl (C=O) groups excluding carboxylic acids is 1. The Labute approximate surface area is 227 Å². The highest BCUT2D eigenvalue weighted by molar-refractivity contribution is 5.89. The third-order valence-electron chi connectivity index (χ3n) is 7.04. The Kier molecular flexibility index (Phi) is 12.4. The van der Waals surface area contributed by atoms with Crippen molar-refractivity contribution in [2.75, 3.05) is 31.6 Å². The van der Waals surface area contributed by atoms with Crippen molar-refractivity contribution < 1.29 is 24.2 Å². The molecule has 0 saturated heterocycles. The SMILES string of the molecule is CCCCCCCCN(CCOc1ccc(CC(OCC)C(=O)O)cc1)C(=O)Nc1ccc2c(c1)CCC2. The summed E-state index contributed by atoms with van der Waals surface area (Å²) in [5.74, 6) is -0.272. The van der Waals surface area contributed by atoms with Crippen LogP contribution in [0, 0.1) is 0 Å². The van der Waals surface area contributed by atoms with Gasteiger partial charge in [-0.25, -0.2) is 9.59 Å². The van der Waals surface area contributed by atoms with Crippen LogP contribution in [-0.2, 0) is 28.8 Å². The fraction of sp³-hybridized carbons (Fsp3) is 0.548. The van der Waals surface area contributed by atoms with Crippen LogP contribution in [0.1, 0.15) is 75.5 Å². The molecule has 2 aromatic rings. The number of unbranched alkanes of at least 4 members (excludes halogenated alkanes) is 5. The van der Waals surface area contributed by atoms with E-state index in [0.717, 1.165) is 36.9 Å². The number of carboxylic acid groups (broad SMARTS) is 1. The smallest absolute Gasteiger partial charge is 0.333 e. The first-order chi connectivity index (χ1) is 18.5. The maximum atomic E-state index is 13.2. The third-order valence-corrected chi connectivity index (χ3v) is 7.04. The number of nitrogens with one attached hydrogen (secondary N) is 1. The molecule has 0 spiro atoms. The molecule has 1 aliphatic carbocycles. The summed E-state index contributed by atoms with van der Waals surface area (Å²) in [7, 11) is 0. The van der Waals surface area contributed by atoms with E-state index in [0.29, 0.717) is 38.5 Å². The minimum absolute atomic E-state index is 0.0916. The van der Waals surface area contributed by atoms with Crippen LogP contribution in [0.2, 0.25) is 0 Å². The fourth-order valence-corrected chi connectivity index (χ4v) is 4.88. The van der Waals surface area contributed by atoms with Crippen LogP contribution in [0.25, 0.3) is 0 Å². The van der Waals surface area contributed by atoms with E-state index in [2.05, 4.69) is 24.4 Å². The maximum absolute atomic E-state index is 13.2. The molecule has 1 unspecified atom stereocenters. The van der Waals surface area contributed by atoms with Gasteiger partial charge in [0.2, 0.25) is 0 Å². The number of aliphatic carboxylic acids is 1. The lowest BCUT2D eigenvalue weighted by atomic mass is 10.1. The molecule has 2 N–H and O–H groups in total. The summed E-state index contributed by atoms with van der Waals surface area (Å²) in [4.78, 5) is 26.4. The van der Waals surface area contributed by atoms with E-state index in [1.807, 2.05) is 35.2 Å². The molecule has 208 valence electrons. The van der Waals surface area contributed by atoms with E-state index in [4.69, 9.17) is 9.47 Å². The van der Waals surface area contributed by atoms with Crippen molar-refractivity contribution in [3.8, 4) is 5.75 Å². The molecule has 1 atom stereocenters. The lowest BCUT2D eigenvalue weighted by Gasteiger charge is -2.23. The summed E-state index contributed by atoms with van der Waals surface area (Å²) >= 11 is 0. The van der Waals surface area contributed by atoms with Crippen LogP contribution in [0.3, 0.4) is 0 Å². The van der Waals surface area contributed by atoms with Gasteiger partial charge in [-0.1, -0.05) is 57.2 Å². The number of carbonyl (C=O) groups is 2. The lowest BCUT2D eigenvalue weighted by molar-refractivity contribution is -0.149. The quantitative estimate of drug-likeness (QED) is 0.231. The molecule has 0 bridgehead atoms. The predicted octanol–water partition coefficient (Wildman–Crippen LogP) is 6.48. The minimum Gasteiger partial charge on any atom is -0.492 e. The first kappa shape index (κ1) is 29.5. The molecule has 2 amide bonds. The van der Waals surface area contributed by atoms with E-state index in [-0.39, 0.29) is 6.03 Å². The number of fused-ring (bicyclic) bond motifs is 1.